The fourth-order valence-corrected chi connectivity index (χ4v) is 3.43. The highest BCUT2D eigenvalue weighted by Crippen LogP contribution is 2.31. The number of rotatable bonds is 6. The number of nitrogens with zero attached hydrogens (tertiary/aromatic N) is 1. The summed E-state index contributed by atoms with van der Waals surface area (Å²) in [5, 5.41) is 9.75. The van der Waals surface area contributed by atoms with Gasteiger partial charge >= 0.3 is 0 Å². The van der Waals surface area contributed by atoms with E-state index in [1.54, 1.807) is 19.2 Å². The Labute approximate surface area is 142 Å². The second-order valence-corrected chi connectivity index (χ2v) is 6.06. The maximum Gasteiger partial charge on any atom is 0.157 e. The lowest BCUT2D eigenvalue weighted by Gasteiger charge is -2.31. The molecule has 5 nitrogen and oxygen atoms in total. The Morgan fingerprint density at radius 2 is 2.29 bits per heavy atom. The molecule has 3 rings (SSSR count). The Bertz CT molecular complexity index is 665. The van der Waals surface area contributed by atoms with Gasteiger partial charge in [0, 0.05) is 6.54 Å². The van der Waals surface area contributed by atoms with Crippen molar-refractivity contribution in [1.82, 2.24) is 4.90 Å². The van der Waals surface area contributed by atoms with Gasteiger partial charge in [-0.2, -0.15) is 0 Å². The van der Waals surface area contributed by atoms with Crippen LogP contribution in [-0.4, -0.2) is 42.6 Å². The summed E-state index contributed by atoms with van der Waals surface area (Å²) in [6, 6.07) is 5.13. The first-order valence-electron chi connectivity index (χ1n) is 8.35. The number of ether oxygens (including phenoxy) is 2. The number of likely N-dealkylation sites (tertiary alicyclic amines) is 1. The lowest BCUT2D eigenvalue weighted by molar-refractivity contribution is 0.111. The molecule has 128 valence electrons. The molecule has 1 aromatic carbocycles. The largest absolute Gasteiger partial charge is 0.507 e. The Kier molecular flexibility index (Phi) is 5.08. The monoisotopic (exact) mass is 329 g/mol. The van der Waals surface area contributed by atoms with Gasteiger partial charge in [0.2, 0.25) is 0 Å². The molecule has 0 aromatic heterocycles. The number of methoxy groups -OCH3 is 1. The molecule has 1 heterocycles. The van der Waals surface area contributed by atoms with Crippen LogP contribution >= 0.6 is 0 Å². The number of hydrogen-bond acceptors (Lipinski definition) is 5. The third-order valence-electron chi connectivity index (χ3n) is 4.64. The quantitative estimate of drug-likeness (QED) is 0.812. The third kappa shape index (κ3) is 3.25. The minimum atomic E-state index is -0.0485. The normalized spacial score (nSPS) is 20.4. The average Bonchev–Trinajstić information content (AvgIpc) is 3.08. The maximum atomic E-state index is 11.2. The molecule has 0 spiro atoms. The molecule has 1 fully saturated rings. The highest BCUT2D eigenvalue weighted by Gasteiger charge is 2.29. The van der Waals surface area contributed by atoms with Crippen LogP contribution in [0, 0.1) is 0 Å². The minimum absolute atomic E-state index is 0.0485. The third-order valence-corrected chi connectivity index (χ3v) is 4.64. The van der Waals surface area contributed by atoms with Gasteiger partial charge in [-0.3, -0.25) is 4.79 Å². The van der Waals surface area contributed by atoms with Crippen LogP contribution in [-0.2, 0) is 4.74 Å². The predicted octanol–water partition coefficient (Wildman–Crippen LogP) is 3.26. The number of phenolic OH excluding ortho intramolecular Hbond substituents is 1. The Balaban J connectivity index is 1.73. The van der Waals surface area contributed by atoms with Gasteiger partial charge in [-0.05, 0) is 43.9 Å². The number of aromatic hydroxyl groups is 1. The molecule has 0 radical (unpaired) electrons. The van der Waals surface area contributed by atoms with Gasteiger partial charge in [0.1, 0.15) is 23.9 Å². The number of carbonyl (C=O) groups excluding carboxylic acids is 1. The van der Waals surface area contributed by atoms with Gasteiger partial charge < -0.3 is 19.5 Å². The van der Waals surface area contributed by atoms with E-state index < -0.39 is 0 Å². The van der Waals surface area contributed by atoms with E-state index in [4.69, 9.17) is 9.47 Å². The molecule has 1 N–H and O–H groups in total. The minimum Gasteiger partial charge on any atom is -0.507 e. The van der Waals surface area contributed by atoms with Gasteiger partial charge in [0.05, 0.1) is 24.4 Å². The first-order chi connectivity index (χ1) is 11.7. The molecule has 0 saturated carbocycles. The molecule has 0 unspecified atom stereocenters. The van der Waals surface area contributed by atoms with Crippen molar-refractivity contribution in [3.05, 3.63) is 47.4 Å². The van der Waals surface area contributed by atoms with E-state index in [2.05, 4.69) is 11.0 Å². The van der Waals surface area contributed by atoms with Crippen molar-refractivity contribution in [3.8, 4) is 11.5 Å². The number of benzene rings is 1. The molecule has 5 heteroatoms. The summed E-state index contributed by atoms with van der Waals surface area (Å²) in [6.45, 7) is 1.47. The highest BCUT2D eigenvalue weighted by atomic mass is 16.5. The van der Waals surface area contributed by atoms with Gasteiger partial charge in [0.15, 0.2) is 6.29 Å². The van der Waals surface area contributed by atoms with Crippen LogP contribution in [0.5, 0.6) is 11.5 Å². The number of phenols is 1. The standard InChI is InChI=1S/C19H23NO4/c1-23-19-9-3-2-7-16(19)20-11-5-6-14(20)13-24-18-10-4-8-17(22)15(18)12-21/h3-4,8-10,12,14,22H,2,5-7,11,13H2,1H3/t14-/m0/s1. The summed E-state index contributed by atoms with van der Waals surface area (Å²) in [5.74, 6) is 1.31. The molecule has 1 saturated heterocycles. The first kappa shape index (κ1) is 16.4. The van der Waals surface area contributed by atoms with Gasteiger partial charge in [-0.1, -0.05) is 12.1 Å². The van der Waals surface area contributed by atoms with Crippen molar-refractivity contribution >= 4 is 6.29 Å². The summed E-state index contributed by atoms with van der Waals surface area (Å²) in [7, 11) is 1.70. The Morgan fingerprint density at radius 3 is 3.08 bits per heavy atom. The molecule has 0 amide bonds. The Morgan fingerprint density at radius 1 is 1.42 bits per heavy atom. The predicted molar refractivity (Wildman–Crippen MR) is 91.1 cm³/mol. The number of hydrogen-bond donors (Lipinski definition) is 1. The van der Waals surface area contributed by atoms with Crippen molar-refractivity contribution in [1.29, 1.82) is 0 Å². The zero-order valence-electron chi connectivity index (χ0n) is 13.9. The van der Waals surface area contributed by atoms with E-state index in [1.165, 1.54) is 11.8 Å². The van der Waals surface area contributed by atoms with Crippen molar-refractivity contribution in [2.75, 3.05) is 20.3 Å². The highest BCUT2D eigenvalue weighted by molar-refractivity contribution is 5.83. The smallest absolute Gasteiger partial charge is 0.157 e. The fourth-order valence-electron chi connectivity index (χ4n) is 3.43. The van der Waals surface area contributed by atoms with Gasteiger partial charge in [0.25, 0.3) is 0 Å². The zero-order valence-corrected chi connectivity index (χ0v) is 13.9. The van der Waals surface area contributed by atoms with Crippen LogP contribution in [0.4, 0.5) is 0 Å². The summed E-state index contributed by atoms with van der Waals surface area (Å²) < 4.78 is 11.4. The topological polar surface area (TPSA) is 59.0 Å². The lowest BCUT2D eigenvalue weighted by Crippen LogP contribution is -2.35. The number of aldehydes is 1. The van der Waals surface area contributed by atoms with E-state index in [-0.39, 0.29) is 17.4 Å². The molecule has 1 aromatic rings. The van der Waals surface area contributed by atoms with Gasteiger partial charge in [-0.25, -0.2) is 0 Å². The second-order valence-electron chi connectivity index (χ2n) is 6.06. The van der Waals surface area contributed by atoms with Crippen LogP contribution in [0.15, 0.2) is 41.8 Å². The van der Waals surface area contributed by atoms with Gasteiger partial charge in [-0.15, -0.1) is 0 Å². The van der Waals surface area contributed by atoms with E-state index in [9.17, 15) is 9.90 Å². The van der Waals surface area contributed by atoms with E-state index in [0.29, 0.717) is 18.6 Å². The van der Waals surface area contributed by atoms with Crippen LogP contribution < -0.4 is 4.74 Å². The zero-order chi connectivity index (χ0) is 16.9. The molecule has 1 atom stereocenters. The van der Waals surface area contributed by atoms with Crippen molar-refractivity contribution in [2.45, 2.75) is 31.7 Å². The van der Waals surface area contributed by atoms with Crippen LogP contribution in [0.25, 0.3) is 0 Å². The molecular formula is C19H23NO4. The fraction of sp³-hybridized carbons (Fsp3) is 0.421. The van der Waals surface area contributed by atoms with Crippen LogP contribution in [0.3, 0.4) is 0 Å². The lowest BCUT2D eigenvalue weighted by atomic mass is 10.1. The number of allylic oxidation sites excluding steroid dienone is 3. The first-order valence-corrected chi connectivity index (χ1v) is 8.35. The summed E-state index contributed by atoms with van der Waals surface area (Å²) in [4.78, 5) is 13.5. The maximum absolute atomic E-state index is 11.2. The molecule has 1 aliphatic heterocycles. The average molecular weight is 329 g/mol. The summed E-state index contributed by atoms with van der Waals surface area (Å²) in [5.41, 5.74) is 1.44. The molecule has 2 aliphatic rings. The van der Waals surface area contributed by atoms with Crippen molar-refractivity contribution in [2.24, 2.45) is 0 Å². The molecule has 1 aliphatic carbocycles. The van der Waals surface area contributed by atoms with E-state index >= 15 is 0 Å². The number of carbonyl (C=O) groups is 1. The second kappa shape index (κ2) is 7.43. The molecule has 0 bridgehead atoms. The van der Waals surface area contributed by atoms with Crippen molar-refractivity contribution < 1.29 is 19.4 Å². The summed E-state index contributed by atoms with van der Waals surface area (Å²) >= 11 is 0. The van der Waals surface area contributed by atoms with E-state index in [0.717, 1.165) is 38.0 Å². The van der Waals surface area contributed by atoms with Crippen molar-refractivity contribution in [3.63, 3.8) is 0 Å². The Hall–Kier alpha value is -2.43. The van der Waals surface area contributed by atoms with E-state index in [1.807, 2.05) is 6.08 Å². The SMILES string of the molecule is COC1=C(N2CCC[C@H]2COc2cccc(O)c2C=O)CCC=C1. The van der Waals surface area contributed by atoms with Crippen LogP contribution in [0.1, 0.15) is 36.0 Å². The molecular weight excluding hydrogens is 306 g/mol. The van der Waals surface area contributed by atoms with Crippen LogP contribution in [0.2, 0.25) is 0 Å². The summed E-state index contributed by atoms with van der Waals surface area (Å²) in [6.07, 6.45) is 8.95. The molecule has 24 heavy (non-hydrogen) atoms.